The molecule has 0 radical (unpaired) electrons. The van der Waals surface area contributed by atoms with Crippen LogP contribution in [-0.2, 0) is 14.9 Å². The first-order valence-corrected chi connectivity index (χ1v) is 8.65. The minimum Gasteiger partial charge on any atom is -0.369 e. The first-order chi connectivity index (χ1) is 10.9. The van der Waals surface area contributed by atoms with Crippen molar-refractivity contribution >= 4 is 27.8 Å². The molecule has 1 heterocycles. The number of halogens is 3. The Bertz CT molecular complexity index is 786. The maximum Gasteiger partial charge on any atom is 0.534 e. The van der Waals surface area contributed by atoms with Gasteiger partial charge in [-0.2, -0.15) is 26.9 Å². The van der Waals surface area contributed by atoms with Crippen molar-refractivity contribution in [1.29, 1.82) is 5.26 Å². The van der Waals surface area contributed by atoms with Crippen LogP contribution in [0.2, 0.25) is 0 Å². The Kier molecular flexibility index (Phi) is 6.07. The zero-order chi connectivity index (χ0) is 18.7. The SMILES string of the molecule is CC(C)c1cc(OS(=O)(=O)C(F)(F)F)nc(SCC(N)=O)c1C#N. The Morgan fingerprint density at radius 1 is 1.50 bits per heavy atom. The summed E-state index contributed by atoms with van der Waals surface area (Å²) in [5.41, 5.74) is -0.408. The summed E-state index contributed by atoms with van der Waals surface area (Å²) in [6.07, 6.45) is 0. The molecule has 0 atom stereocenters. The Balaban J connectivity index is 3.42. The topological polar surface area (TPSA) is 123 Å². The molecule has 132 valence electrons. The summed E-state index contributed by atoms with van der Waals surface area (Å²) in [7, 11) is -5.91. The molecule has 0 aliphatic heterocycles. The Labute approximate surface area is 140 Å². The molecular formula is C12H12F3N3O4S2. The highest BCUT2D eigenvalue weighted by molar-refractivity contribution is 8.00. The number of nitrogens with two attached hydrogens (primary N) is 1. The van der Waals surface area contributed by atoms with Gasteiger partial charge in [0.2, 0.25) is 11.8 Å². The van der Waals surface area contributed by atoms with Gasteiger partial charge in [0, 0.05) is 6.07 Å². The zero-order valence-corrected chi connectivity index (χ0v) is 14.0. The molecule has 0 aliphatic carbocycles. The molecule has 7 nitrogen and oxygen atoms in total. The van der Waals surface area contributed by atoms with Gasteiger partial charge in [0.25, 0.3) is 0 Å². The average molecular weight is 383 g/mol. The number of alkyl halides is 3. The van der Waals surface area contributed by atoms with Crippen LogP contribution in [0.3, 0.4) is 0 Å². The standard InChI is InChI=1S/C12H12F3N3O4S2/c1-6(2)7-3-10(22-24(20,21)12(13,14)15)18-11(8(7)4-16)23-5-9(17)19/h3,6H,5H2,1-2H3,(H2,17,19). The first-order valence-electron chi connectivity index (χ1n) is 6.26. The second kappa shape index (κ2) is 7.27. The molecule has 1 rings (SSSR count). The summed E-state index contributed by atoms with van der Waals surface area (Å²) in [6.45, 7) is 3.28. The van der Waals surface area contributed by atoms with Crippen LogP contribution in [0.1, 0.15) is 30.9 Å². The minimum atomic E-state index is -5.91. The normalized spacial score (nSPS) is 12.0. The van der Waals surface area contributed by atoms with E-state index in [2.05, 4.69) is 9.17 Å². The van der Waals surface area contributed by atoms with E-state index in [-0.39, 0.29) is 27.8 Å². The molecule has 0 fully saturated rings. The third kappa shape index (κ3) is 4.75. The van der Waals surface area contributed by atoms with Gasteiger partial charge in [-0.05, 0) is 11.5 Å². The predicted octanol–water partition coefficient (Wildman–Crippen LogP) is 1.88. The molecule has 0 unspecified atom stereocenters. The molecular weight excluding hydrogens is 371 g/mol. The lowest BCUT2D eigenvalue weighted by molar-refractivity contribution is -0.115. The summed E-state index contributed by atoms with van der Waals surface area (Å²) in [4.78, 5) is 14.4. The van der Waals surface area contributed by atoms with Crippen molar-refractivity contribution in [3.05, 3.63) is 17.2 Å². The number of amides is 1. The van der Waals surface area contributed by atoms with Crippen LogP contribution in [0.25, 0.3) is 0 Å². The van der Waals surface area contributed by atoms with Crippen LogP contribution in [0.15, 0.2) is 11.1 Å². The van der Waals surface area contributed by atoms with Gasteiger partial charge in [0.15, 0.2) is 0 Å². The number of hydrogen-bond donors (Lipinski definition) is 1. The van der Waals surface area contributed by atoms with Crippen LogP contribution in [0.4, 0.5) is 13.2 Å². The Morgan fingerprint density at radius 3 is 2.50 bits per heavy atom. The number of rotatable bonds is 6. The van der Waals surface area contributed by atoms with E-state index in [1.54, 1.807) is 13.8 Å². The third-order valence-corrected chi connectivity index (χ3v) is 4.51. The lowest BCUT2D eigenvalue weighted by atomic mass is 10.00. The molecule has 24 heavy (non-hydrogen) atoms. The van der Waals surface area contributed by atoms with Crippen LogP contribution in [0.5, 0.6) is 5.88 Å². The van der Waals surface area contributed by atoms with Gasteiger partial charge in [-0.25, -0.2) is 4.98 Å². The van der Waals surface area contributed by atoms with Crippen molar-refractivity contribution in [1.82, 2.24) is 4.98 Å². The van der Waals surface area contributed by atoms with Crippen LogP contribution in [0, 0.1) is 11.3 Å². The van der Waals surface area contributed by atoms with Gasteiger partial charge in [-0.1, -0.05) is 25.6 Å². The number of aromatic nitrogens is 1. The number of primary amides is 1. The summed E-state index contributed by atoms with van der Waals surface area (Å²) in [6, 6.07) is 2.77. The molecule has 12 heteroatoms. The molecule has 2 N–H and O–H groups in total. The lowest BCUT2D eigenvalue weighted by Crippen LogP contribution is -2.28. The highest BCUT2D eigenvalue weighted by atomic mass is 32.2. The quantitative estimate of drug-likeness (QED) is 0.452. The minimum absolute atomic E-state index is 0.00741. The number of nitriles is 1. The van der Waals surface area contributed by atoms with E-state index in [1.165, 1.54) is 0 Å². The highest BCUT2D eigenvalue weighted by Gasteiger charge is 2.49. The third-order valence-electron chi connectivity index (χ3n) is 2.56. The van der Waals surface area contributed by atoms with Gasteiger partial charge in [-0.3, -0.25) is 4.79 Å². The number of thioether (sulfide) groups is 1. The molecule has 1 aromatic rings. The zero-order valence-electron chi connectivity index (χ0n) is 12.4. The number of carbonyl (C=O) groups is 1. The number of pyridine rings is 1. The fourth-order valence-corrected chi connectivity index (χ4v) is 2.68. The summed E-state index contributed by atoms with van der Waals surface area (Å²) < 4.78 is 63.5. The van der Waals surface area contributed by atoms with Crippen molar-refractivity contribution in [3.63, 3.8) is 0 Å². The van der Waals surface area contributed by atoms with Crippen molar-refractivity contribution in [2.75, 3.05) is 5.75 Å². The molecule has 1 aromatic heterocycles. The largest absolute Gasteiger partial charge is 0.534 e. The van der Waals surface area contributed by atoms with Gasteiger partial charge in [-0.15, -0.1) is 0 Å². The van der Waals surface area contributed by atoms with E-state index in [4.69, 9.17) is 5.73 Å². The molecule has 0 saturated heterocycles. The van der Waals surface area contributed by atoms with Crippen LogP contribution in [-0.4, -0.2) is 30.6 Å². The van der Waals surface area contributed by atoms with Gasteiger partial charge in [0.1, 0.15) is 11.1 Å². The maximum atomic E-state index is 12.4. The number of carbonyl (C=O) groups excluding carboxylic acids is 1. The molecule has 0 aliphatic rings. The second-order valence-corrected chi connectivity index (χ2v) is 7.24. The van der Waals surface area contributed by atoms with Crippen molar-refractivity contribution in [2.24, 2.45) is 5.73 Å². The van der Waals surface area contributed by atoms with Gasteiger partial charge >= 0.3 is 15.6 Å². The summed E-state index contributed by atoms with van der Waals surface area (Å²) in [5, 5.41) is 9.06. The summed E-state index contributed by atoms with van der Waals surface area (Å²) in [5.74, 6) is -2.23. The van der Waals surface area contributed by atoms with E-state index >= 15 is 0 Å². The van der Waals surface area contributed by atoms with Crippen molar-refractivity contribution in [3.8, 4) is 11.9 Å². The van der Waals surface area contributed by atoms with E-state index in [0.29, 0.717) is 11.8 Å². The summed E-state index contributed by atoms with van der Waals surface area (Å²) >= 11 is 0.695. The van der Waals surface area contributed by atoms with Gasteiger partial charge < -0.3 is 9.92 Å². The Hall–Kier alpha value is -2.00. The smallest absolute Gasteiger partial charge is 0.369 e. The monoisotopic (exact) mass is 383 g/mol. The molecule has 1 amide bonds. The maximum absolute atomic E-state index is 12.4. The molecule has 0 aromatic carbocycles. The molecule has 0 bridgehead atoms. The van der Waals surface area contributed by atoms with E-state index in [0.717, 1.165) is 6.07 Å². The van der Waals surface area contributed by atoms with Crippen molar-refractivity contribution in [2.45, 2.75) is 30.3 Å². The fraction of sp³-hybridized carbons (Fsp3) is 0.417. The van der Waals surface area contributed by atoms with E-state index in [9.17, 15) is 31.6 Å². The van der Waals surface area contributed by atoms with Crippen molar-refractivity contribution < 1.29 is 30.6 Å². The number of nitrogens with zero attached hydrogens (tertiary/aromatic N) is 2. The fourth-order valence-electron chi connectivity index (χ4n) is 1.53. The molecule has 0 spiro atoms. The van der Waals surface area contributed by atoms with E-state index < -0.39 is 27.4 Å². The van der Waals surface area contributed by atoms with Gasteiger partial charge in [0.05, 0.1) is 11.3 Å². The first kappa shape index (κ1) is 20.0. The lowest BCUT2D eigenvalue weighted by Gasteiger charge is -2.14. The van der Waals surface area contributed by atoms with E-state index in [1.807, 2.05) is 6.07 Å². The predicted molar refractivity (Wildman–Crippen MR) is 78.6 cm³/mol. The Morgan fingerprint density at radius 2 is 2.08 bits per heavy atom. The second-order valence-electron chi connectivity index (χ2n) is 4.73. The average Bonchev–Trinajstić information content (AvgIpc) is 2.42. The molecule has 0 saturated carbocycles. The van der Waals surface area contributed by atoms with Crippen LogP contribution >= 0.6 is 11.8 Å². The van der Waals surface area contributed by atoms with Crippen LogP contribution < -0.4 is 9.92 Å². The highest BCUT2D eigenvalue weighted by Crippen LogP contribution is 2.33. The number of hydrogen-bond acceptors (Lipinski definition) is 7.